The van der Waals surface area contributed by atoms with Gasteiger partial charge in [-0.25, -0.2) is 0 Å². The summed E-state index contributed by atoms with van der Waals surface area (Å²) >= 11 is 0. The second kappa shape index (κ2) is 4.46. The van der Waals surface area contributed by atoms with Crippen molar-refractivity contribution in [3.63, 3.8) is 0 Å². The molecule has 0 radical (unpaired) electrons. The Morgan fingerprint density at radius 1 is 1.21 bits per heavy atom. The average molecular weight is 188 g/mol. The zero-order valence-corrected chi connectivity index (χ0v) is 7.81. The fourth-order valence-corrected chi connectivity index (χ4v) is 1.26. The van der Waals surface area contributed by atoms with Crippen LogP contribution in [0, 0.1) is 0 Å². The van der Waals surface area contributed by atoms with Gasteiger partial charge in [0.05, 0.1) is 6.54 Å². The molecular formula is C11H12N2O. The van der Waals surface area contributed by atoms with E-state index in [4.69, 9.17) is 0 Å². The molecule has 0 aliphatic carbocycles. The van der Waals surface area contributed by atoms with Gasteiger partial charge in [0.1, 0.15) is 6.61 Å². The number of benzene rings is 1. The van der Waals surface area contributed by atoms with Crippen LogP contribution in [0.4, 0.5) is 0 Å². The first kappa shape index (κ1) is 8.81. The van der Waals surface area contributed by atoms with Gasteiger partial charge in [0.2, 0.25) is 0 Å². The number of H-pyrrole nitrogens is 1. The quantitative estimate of drug-likeness (QED) is 0.676. The molecule has 2 aromatic rings. The number of nitrogens with one attached hydrogen (secondary N) is 1. The van der Waals surface area contributed by atoms with Crippen LogP contribution in [0.1, 0.15) is 0 Å². The fraction of sp³-hybridized carbons (Fsp3) is 0.182. The molecule has 1 aliphatic rings. The second-order valence-electron chi connectivity index (χ2n) is 2.95. The molecule has 1 aromatic carbocycles. The Hall–Kier alpha value is -1.77. The van der Waals surface area contributed by atoms with E-state index in [0.717, 1.165) is 13.2 Å². The van der Waals surface area contributed by atoms with Gasteiger partial charge in [-0.2, -0.15) is 0 Å². The predicted molar refractivity (Wildman–Crippen MR) is 57.6 cm³/mol. The van der Waals surface area contributed by atoms with E-state index in [2.05, 4.69) is 32.9 Å². The van der Waals surface area contributed by atoms with Gasteiger partial charge in [-0.3, -0.25) is 4.99 Å². The molecule has 1 N–H and O–H groups in total. The van der Waals surface area contributed by atoms with E-state index in [9.17, 15) is 0 Å². The van der Waals surface area contributed by atoms with Crippen molar-refractivity contribution in [2.75, 3.05) is 13.2 Å². The lowest BCUT2D eigenvalue weighted by atomic mass is 10.3. The summed E-state index contributed by atoms with van der Waals surface area (Å²) in [7, 11) is 0. The molecule has 0 bridgehead atoms. The molecular weight excluding hydrogens is 176 g/mol. The summed E-state index contributed by atoms with van der Waals surface area (Å²) in [6, 6.07) is 10.3. The van der Waals surface area contributed by atoms with Crippen molar-refractivity contribution in [3.05, 3.63) is 36.5 Å². The number of fused-ring (bicyclic) bond motifs is 1. The minimum atomic E-state index is 0.778. The monoisotopic (exact) mass is 188 g/mol. The SMILES string of the molecule is C1=NCCO1.c1ccc2[nH]ccc2c1. The van der Waals surface area contributed by atoms with Crippen LogP contribution in [-0.4, -0.2) is 24.5 Å². The molecule has 3 rings (SSSR count). The molecule has 0 amide bonds. The molecule has 3 heteroatoms. The first-order valence-corrected chi connectivity index (χ1v) is 4.59. The predicted octanol–water partition coefficient (Wildman–Crippen LogP) is 2.21. The highest BCUT2D eigenvalue weighted by molar-refractivity contribution is 5.78. The van der Waals surface area contributed by atoms with Crippen molar-refractivity contribution in [2.24, 2.45) is 4.99 Å². The maximum Gasteiger partial charge on any atom is 0.169 e. The van der Waals surface area contributed by atoms with Crippen molar-refractivity contribution in [2.45, 2.75) is 0 Å². The molecule has 0 fully saturated rings. The third-order valence-electron chi connectivity index (χ3n) is 1.95. The lowest BCUT2D eigenvalue weighted by molar-refractivity contribution is 0.361. The molecule has 3 nitrogen and oxygen atoms in total. The normalized spacial score (nSPS) is 13.4. The van der Waals surface area contributed by atoms with E-state index in [-0.39, 0.29) is 0 Å². The van der Waals surface area contributed by atoms with E-state index in [0.29, 0.717) is 0 Å². The second-order valence-corrected chi connectivity index (χ2v) is 2.95. The highest BCUT2D eigenvalue weighted by Gasteiger charge is 1.86. The number of hydrogen-bond donors (Lipinski definition) is 1. The van der Waals surface area contributed by atoms with Crippen molar-refractivity contribution < 1.29 is 4.74 Å². The van der Waals surface area contributed by atoms with Gasteiger partial charge in [0.25, 0.3) is 0 Å². The van der Waals surface area contributed by atoms with E-state index < -0.39 is 0 Å². The van der Waals surface area contributed by atoms with Gasteiger partial charge in [-0.15, -0.1) is 0 Å². The average Bonchev–Trinajstić information content (AvgIpc) is 2.92. The Balaban J connectivity index is 0.000000128. The molecule has 72 valence electrons. The van der Waals surface area contributed by atoms with Crippen LogP contribution in [0.2, 0.25) is 0 Å². The number of aromatic nitrogens is 1. The number of ether oxygens (including phenoxy) is 1. The summed E-state index contributed by atoms with van der Waals surface area (Å²) in [6.45, 7) is 1.62. The van der Waals surface area contributed by atoms with Crippen LogP contribution >= 0.6 is 0 Å². The van der Waals surface area contributed by atoms with Gasteiger partial charge in [-0.05, 0) is 17.5 Å². The van der Waals surface area contributed by atoms with Gasteiger partial charge in [0, 0.05) is 11.7 Å². The van der Waals surface area contributed by atoms with E-state index in [1.54, 1.807) is 0 Å². The van der Waals surface area contributed by atoms with E-state index in [1.807, 2.05) is 18.3 Å². The Morgan fingerprint density at radius 3 is 2.79 bits per heavy atom. The highest BCUT2D eigenvalue weighted by Crippen LogP contribution is 2.09. The molecule has 14 heavy (non-hydrogen) atoms. The number of para-hydroxylation sites is 1. The lowest BCUT2D eigenvalue weighted by Crippen LogP contribution is -1.80. The van der Waals surface area contributed by atoms with Crippen molar-refractivity contribution >= 4 is 17.3 Å². The van der Waals surface area contributed by atoms with Crippen molar-refractivity contribution in [1.29, 1.82) is 0 Å². The summed E-state index contributed by atoms with van der Waals surface area (Å²) in [4.78, 5) is 6.86. The summed E-state index contributed by atoms with van der Waals surface area (Å²) in [5.41, 5.74) is 1.21. The Morgan fingerprint density at radius 2 is 2.14 bits per heavy atom. The van der Waals surface area contributed by atoms with E-state index >= 15 is 0 Å². The minimum Gasteiger partial charge on any atom is -0.482 e. The Bertz CT molecular complexity index is 384. The van der Waals surface area contributed by atoms with Crippen LogP contribution in [-0.2, 0) is 4.74 Å². The standard InChI is InChI=1S/C8H7N.C3H5NO/c1-2-4-8-7(3-1)5-6-9-8;1-2-5-3-4-1/h1-6,9H;3H,1-2H2. The third kappa shape index (κ3) is 2.13. The van der Waals surface area contributed by atoms with E-state index in [1.165, 1.54) is 17.3 Å². The Labute approximate surface area is 82.4 Å². The summed E-state index contributed by atoms with van der Waals surface area (Å²) in [6.07, 6.45) is 3.44. The van der Waals surface area contributed by atoms with Crippen molar-refractivity contribution in [3.8, 4) is 0 Å². The van der Waals surface area contributed by atoms with Crippen LogP contribution in [0.15, 0.2) is 41.5 Å². The topological polar surface area (TPSA) is 37.4 Å². The molecule has 0 atom stereocenters. The minimum absolute atomic E-state index is 0.778. The maximum absolute atomic E-state index is 4.65. The maximum atomic E-state index is 4.65. The number of nitrogens with zero attached hydrogens (tertiary/aromatic N) is 1. The first-order chi connectivity index (χ1) is 6.97. The van der Waals surface area contributed by atoms with Gasteiger partial charge >= 0.3 is 0 Å². The smallest absolute Gasteiger partial charge is 0.169 e. The lowest BCUT2D eigenvalue weighted by Gasteiger charge is -1.83. The number of hydrogen-bond acceptors (Lipinski definition) is 2. The number of aliphatic imine (C=N–C) groups is 1. The zero-order chi connectivity index (χ0) is 9.64. The van der Waals surface area contributed by atoms with Crippen LogP contribution in [0.3, 0.4) is 0 Å². The summed E-state index contributed by atoms with van der Waals surface area (Å²) in [5, 5.41) is 1.28. The molecule has 0 saturated carbocycles. The molecule has 1 aliphatic heterocycles. The summed E-state index contributed by atoms with van der Waals surface area (Å²) < 4.78 is 4.65. The van der Waals surface area contributed by atoms with Crippen molar-refractivity contribution in [1.82, 2.24) is 4.98 Å². The highest BCUT2D eigenvalue weighted by atomic mass is 16.5. The zero-order valence-electron chi connectivity index (χ0n) is 7.81. The van der Waals surface area contributed by atoms with Crippen LogP contribution in [0.25, 0.3) is 10.9 Å². The Kier molecular flexibility index (Phi) is 2.81. The van der Waals surface area contributed by atoms with Crippen LogP contribution < -0.4 is 0 Å². The molecule has 1 aromatic heterocycles. The molecule has 0 spiro atoms. The largest absolute Gasteiger partial charge is 0.482 e. The third-order valence-corrected chi connectivity index (χ3v) is 1.95. The molecule has 0 saturated heterocycles. The first-order valence-electron chi connectivity index (χ1n) is 4.59. The van der Waals surface area contributed by atoms with Crippen LogP contribution in [0.5, 0.6) is 0 Å². The summed E-state index contributed by atoms with van der Waals surface area (Å²) in [5.74, 6) is 0. The van der Waals surface area contributed by atoms with Gasteiger partial charge in [-0.1, -0.05) is 18.2 Å². The molecule has 0 unspecified atom stereocenters. The molecule has 2 heterocycles. The number of aromatic amines is 1. The number of rotatable bonds is 0. The van der Waals surface area contributed by atoms with Gasteiger partial charge < -0.3 is 9.72 Å². The van der Waals surface area contributed by atoms with Gasteiger partial charge in [0.15, 0.2) is 6.40 Å². The fourth-order valence-electron chi connectivity index (χ4n) is 1.26.